The number of nitrogens with zero attached hydrogens (tertiary/aromatic N) is 4. The van der Waals surface area contributed by atoms with Gasteiger partial charge in [-0.3, -0.25) is 4.68 Å². The normalized spacial score (nSPS) is 24.2. The molecule has 0 aromatic carbocycles. The number of hydrogen-bond donors (Lipinski definition) is 1. The van der Waals surface area contributed by atoms with Gasteiger partial charge in [-0.05, 0) is 38.5 Å². The average Bonchev–Trinajstić information content (AvgIpc) is 3.21. The molecule has 1 N–H and O–H groups in total. The van der Waals surface area contributed by atoms with Crippen LogP contribution in [-0.4, -0.2) is 33.9 Å². The molecule has 0 spiro atoms. The molecule has 0 radical (unpaired) electrons. The molecule has 1 aliphatic carbocycles. The first-order chi connectivity index (χ1) is 11.7. The Balaban J connectivity index is 1.45. The van der Waals surface area contributed by atoms with Gasteiger partial charge in [-0.15, -0.1) is 11.3 Å². The van der Waals surface area contributed by atoms with Crippen LogP contribution in [0.15, 0.2) is 12.4 Å². The highest BCUT2D eigenvalue weighted by Gasteiger charge is 2.28. The van der Waals surface area contributed by atoms with Crippen molar-refractivity contribution in [3.05, 3.63) is 28.0 Å². The van der Waals surface area contributed by atoms with Gasteiger partial charge in [0.25, 0.3) is 0 Å². The molecule has 130 valence electrons. The van der Waals surface area contributed by atoms with Crippen molar-refractivity contribution in [2.45, 2.75) is 57.5 Å². The van der Waals surface area contributed by atoms with Crippen molar-refractivity contribution in [3.8, 4) is 0 Å². The molecule has 1 saturated heterocycles. The summed E-state index contributed by atoms with van der Waals surface area (Å²) in [5, 5.41) is 9.58. The van der Waals surface area contributed by atoms with E-state index < -0.39 is 0 Å². The first kappa shape index (κ1) is 16.1. The molecule has 2 aromatic heterocycles. The molecule has 0 bridgehead atoms. The number of hydrogen-bond acceptors (Lipinski definition) is 5. The predicted molar refractivity (Wildman–Crippen MR) is 98.7 cm³/mol. The van der Waals surface area contributed by atoms with Crippen molar-refractivity contribution in [3.63, 3.8) is 0 Å². The number of aryl methyl sites for hydroxylation is 3. The summed E-state index contributed by atoms with van der Waals surface area (Å²) >= 11 is 1.93. The van der Waals surface area contributed by atoms with Gasteiger partial charge in [0, 0.05) is 43.3 Å². The molecular weight excluding hydrogens is 318 g/mol. The minimum Gasteiger partial charge on any atom is -0.367 e. The zero-order valence-electron chi connectivity index (χ0n) is 14.7. The summed E-state index contributed by atoms with van der Waals surface area (Å²) in [7, 11) is 1.99. The van der Waals surface area contributed by atoms with Gasteiger partial charge in [-0.1, -0.05) is 6.92 Å². The minimum absolute atomic E-state index is 0.505. The number of rotatable bonds is 4. The van der Waals surface area contributed by atoms with E-state index in [1.54, 1.807) is 0 Å². The van der Waals surface area contributed by atoms with E-state index in [4.69, 9.17) is 4.98 Å². The molecule has 0 amide bonds. The summed E-state index contributed by atoms with van der Waals surface area (Å²) in [5.41, 5.74) is 2.61. The molecule has 1 aliphatic heterocycles. The topological polar surface area (TPSA) is 46.0 Å². The summed E-state index contributed by atoms with van der Waals surface area (Å²) in [6, 6.07) is 1.06. The molecule has 2 unspecified atom stereocenters. The quantitative estimate of drug-likeness (QED) is 0.925. The fraction of sp³-hybridized carbons (Fsp3) is 0.667. The molecule has 0 saturated carbocycles. The smallest absolute Gasteiger partial charge is 0.0928 e. The highest BCUT2D eigenvalue weighted by Crippen LogP contribution is 2.35. The van der Waals surface area contributed by atoms with Crippen molar-refractivity contribution >= 4 is 17.0 Å². The van der Waals surface area contributed by atoms with Crippen molar-refractivity contribution in [1.29, 1.82) is 0 Å². The Kier molecular flexibility index (Phi) is 4.59. The molecule has 1 fully saturated rings. The van der Waals surface area contributed by atoms with E-state index in [2.05, 4.69) is 28.4 Å². The fourth-order valence-corrected chi connectivity index (χ4v) is 5.13. The maximum atomic E-state index is 4.83. The van der Waals surface area contributed by atoms with E-state index in [1.807, 2.05) is 29.3 Å². The number of thiazole rings is 1. The molecule has 2 aromatic rings. The number of piperidine rings is 1. The van der Waals surface area contributed by atoms with Crippen LogP contribution >= 0.6 is 11.3 Å². The maximum Gasteiger partial charge on any atom is 0.0928 e. The summed E-state index contributed by atoms with van der Waals surface area (Å²) in [6.45, 7) is 4.43. The third kappa shape index (κ3) is 3.22. The van der Waals surface area contributed by atoms with Crippen molar-refractivity contribution in [2.75, 3.05) is 18.0 Å². The lowest BCUT2D eigenvalue weighted by atomic mass is 9.96. The second-order valence-corrected chi connectivity index (χ2v) is 8.16. The highest BCUT2D eigenvalue weighted by atomic mass is 32.1. The molecule has 6 heteroatoms. The van der Waals surface area contributed by atoms with Crippen LogP contribution in [0.5, 0.6) is 0 Å². The SMILES string of the molecule is CCc1nc2c(s1)C(NC1CCCN(c3cnn(C)c3)C1)CCC2. The summed E-state index contributed by atoms with van der Waals surface area (Å²) in [5.74, 6) is 0. The Labute approximate surface area is 148 Å². The van der Waals surface area contributed by atoms with E-state index in [-0.39, 0.29) is 0 Å². The molecule has 3 heterocycles. The van der Waals surface area contributed by atoms with Crippen LogP contribution in [0.25, 0.3) is 0 Å². The highest BCUT2D eigenvalue weighted by molar-refractivity contribution is 7.11. The first-order valence-electron chi connectivity index (χ1n) is 9.21. The number of anilines is 1. The van der Waals surface area contributed by atoms with Gasteiger partial charge in [0.2, 0.25) is 0 Å². The van der Waals surface area contributed by atoms with Crippen LogP contribution in [0.3, 0.4) is 0 Å². The van der Waals surface area contributed by atoms with E-state index in [0.29, 0.717) is 12.1 Å². The van der Waals surface area contributed by atoms with Gasteiger partial charge in [0.1, 0.15) is 0 Å². The van der Waals surface area contributed by atoms with E-state index in [9.17, 15) is 0 Å². The minimum atomic E-state index is 0.505. The molecule has 2 aliphatic rings. The number of nitrogens with one attached hydrogen (secondary N) is 1. The van der Waals surface area contributed by atoms with E-state index in [0.717, 1.165) is 25.9 Å². The van der Waals surface area contributed by atoms with E-state index >= 15 is 0 Å². The summed E-state index contributed by atoms with van der Waals surface area (Å²) in [6.07, 6.45) is 11.4. The molecular formula is C18H27N5S. The number of fused-ring (bicyclic) bond motifs is 1. The van der Waals surface area contributed by atoms with Crippen LogP contribution < -0.4 is 10.2 Å². The largest absolute Gasteiger partial charge is 0.367 e. The van der Waals surface area contributed by atoms with Crippen molar-refractivity contribution < 1.29 is 0 Å². The second-order valence-electron chi connectivity index (χ2n) is 7.04. The number of aromatic nitrogens is 3. The van der Waals surface area contributed by atoms with Gasteiger partial charge in [-0.25, -0.2) is 4.98 Å². The summed E-state index contributed by atoms with van der Waals surface area (Å²) < 4.78 is 1.89. The average molecular weight is 346 g/mol. The zero-order valence-corrected chi connectivity index (χ0v) is 15.5. The van der Waals surface area contributed by atoms with Gasteiger partial charge < -0.3 is 10.2 Å². The van der Waals surface area contributed by atoms with Crippen LogP contribution in [0.4, 0.5) is 5.69 Å². The second kappa shape index (κ2) is 6.84. The lowest BCUT2D eigenvalue weighted by Crippen LogP contribution is -2.47. The molecule has 2 atom stereocenters. The maximum absolute atomic E-state index is 4.83. The van der Waals surface area contributed by atoms with Crippen LogP contribution in [0.2, 0.25) is 0 Å². The Hall–Kier alpha value is -1.40. The Morgan fingerprint density at radius 2 is 2.25 bits per heavy atom. The van der Waals surface area contributed by atoms with E-state index in [1.165, 1.54) is 46.9 Å². The zero-order chi connectivity index (χ0) is 16.5. The lowest BCUT2D eigenvalue weighted by molar-refractivity contribution is 0.355. The third-order valence-electron chi connectivity index (χ3n) is 5.21. The standard InChI is InChI=1S/C18H27N5S/c1-3-17-21-16-8-4-7-15(18(16)24-17)20-13-6-5-9-23(11-13)14-10-19-22(2)12-14/h10,12-13,15,20H,3-9,11H2,1-2H3. The Morgan fingerprint density at radius 1 is 1.33 bits per heavy atom. The predicted octanol–water partition coefficient (Wildman–Crippen LogP) is 3.08. The Bertz CT molecular complexity index is 691. The summed E-state index contributed by atoms with van der Waals surface area (Å²) in [4.78, 5) is 8.82. The van der Waals surface area contributed by atoms with Gasteiger partial charge in [-0.2, -0.15) is 5.10 Å². The third-order valence-corrected chi connectivity index (χ3v) is 6.57. The van der Waals surface area contributed by atoms with Gasteiger partial charge >= 0.3 is 0 Å². The van der Waals surface area contributed by atoms with Gasteiger partial charge in [0.05, 0.1) is 22.6 Å². The van der Waals surface area contributed by atoms with Crippen molar-refractivity contribution in [2.24, 2.45) is 7.05 Å². The Morgan fingerprint density at radius 3 is 3.04 bits per heavy atom. The van der Waals surface area contributed by atoms with Gasteiger partial charge in [0.15, 0.2) is 0 Å². The molecule has 4 rings (SSSR count). The van der Waals surface area contributed by atoms with Crippen LogP contribution in [-0.2, 0) is 19.9 Å². The van der Waals surface area contributed by atoms with Crippen molar-refractivity contribution in [1.82, 2.24) is 20.1 Å². The monoisotopic (exact) mass is 345 g/mol. The lowest BCUT2D eigenvalue weighted by Gasteiger charge is -2.36. The van der Waals surface area contributed by atoms with Crippen LogP contribution in [0.1, 0.15) is 54.2 Å². The fourth-order valence-electron chi connectivity index (χ4n) is 3.98. The first-order valence-corrected chi connectivity index (χ1v) is 10.0. The van der Waals surface area contributed by atoms with Crippen LogP contribution in [0, 0.1) is 0 Å². The molecule has 5 nitrogen and oxygen atoms in total. The molecule has 24 heavy (non-hydrogen) atoms.